The van der Waals surface area contributed by atoms with E-state index >= 15 is 0 Å². The zero-order chi connectivity index (χ0) is 12.8. The third-order valence-electron chi connectivity index (χ3n) is 4.21. The van der Waals surface area contributed by atoms with Gasteiger partial charge in [0.05, 0.1) is 0 Å². The van der Waals surface area contributed by atoms with E-state index in [1.54, 1.807) is 0 Å². The van der Waals surface area contributed by atoms with Crippen molar-refractivity contribution in [3.63, 3.8) is 0 Å². The molecule has 0 aromatic heterocycles. The molecule has 2 atom stereocenters. The van der Waals surface area contributed by atoms with Gasteiger partial charge in [0.25, 0.3) is 0 Å². The summed E-state index contributed by atoms with van der Waals surface area (Å²) in [6, 6.07) is 0.184. The highest BCUT2D eigenvalue weighted by Crippen LogP contribution is 2.26. The number of halogens is 1. The van der Waals surface area contributed by atoms with Crippen molar-refractivity contribution in [2.75, 3.05) is 6.54 Å². The number of carbonyl (C=O) groups excluding carboxylic acids is 1. The Balaban J connectivity index is 0.00000289. The zero-order valence-electron chi connectivity index (χ0n) is 11.9. The molecule has 1 fully saturated rings. The lowest BCUT2D eigenvalue weighted by Gasteiger charge is -2.31. The van der Waals surface area contributed by atoms with Crippen molar-refractivity contribution in [3.8, 4) is 0 Å². The van der Waals surface area contributed by atoms with E-state index in [0.717, 1.165) is 0 Å². The molecular formula is C14H29ClN2O. The van der Waals surface area contributed by atoms with Crippen LogP contribution in [0.2, 0.25) is 0 Å². The molecule has 3 N–H and O–H groups in total. The molecule has 18 heavy (non-hydrogen) atoms. The van der Waals surface area contributed by atoms with E-state index in [9.17, 15) is 4.79 Å². The minimum absolute atomic E-state index is 0. The van der Waals surface area contributed by atoms with Crippen LogP contribution >= 0.6 is 12.4 Å². The molecule has 1 aliphatic rings. The van der Waals surface area contributed by atoms with Gasteiger partial charge in [0.15, 0.2) is 0 Å². The summed E-state index contributed by atoms with van der Waals surface area (Å²) in [6.07, 6.45) is 6.36. The maximum absolute atomic E-state index is 12.0. The largest absolute Gasteiger partial charge is 0.352 e. The summed E-state index contributed by atoms with van der Waals surface area (Å²) in [5, 5.41) is 3.15. The Bertz CT molecular complexity index is 240. The minimum atomic E-state index is 0. The second kappa shape index (κ2) is 8.76. The van der Waals surface area contributed by atoms with E-state index in [4.69, 9.17) is 5.73 Å². The number of carbonyl (C=O) groups is 1. The number of hydrogen-bond donors (Lipinski definition) is 2. The van der Waals surface area contributed by atoms with Crippen molar-refractivity contribution >= 4 is 18.3 Å². The van der Waals surface area contributed by atoms with Crippen LogP contribution in [0.5, 0.6) is 0 Å². The van der Waals surface area contributed by atoms with E-state index in [0.29, 0.717) is 18.4 Å². The summed E-state index contributed by atoms with van der Waals surface area (Å²) in [5.74, 6) is 1.23. The van der Waals surface area contributed by atoms with Gasteiger partial charge in [-0.25, -0.2) is 0 Å². The van der Waals surface area contributed by atoms with E-state index in [-0.39, 0.29) is 30.3 Å². The van der Waals surface area contributed by atoms with Crippen molar-refractivity contribution in [1.82, 2.24) is 5.32 Å². The number of nitrogens with one attached hydrogen (secondary N) is 1. The number of nitrogens with two attached hydrogens (primary N) is 1. The molecule has 2 unspecified atom stereocenters. The highest BCUT2D eigenvalue weighted by Gasteiger charge is 2.26. The first kappa shape index (κ1) is 17.7. The third-order valence-corrected chi connectivity index (χ3v) is 4.21. The van der Waals surface area contributed by atoms with Gasteiger partial charge in [-0.05, 0) is 24.7 Å². The summed E-state index contributed by atoms with van der Waals surface area (Å²) >= 11 is 0. The highest BCUT2D eigenvalue weighted by molar-refractivity contribution is 5.85. The second-order valence-electron chi connectivity index (χ2n) is 5.78. The van der Waals surface area contributed by atoms with E-state index < -0.39 is 0 Å². The van der Waals surface area contributed by atoms with E-state index in [1.165, 1.54) is 32.1 Å². The Morgan fingerprint density at radius 1 is 1.22 bits per heavy atom. The van der Waals surface area contributed by atoms with Gasteiger partial charge in [-0.1, -0.05) is 40.0 Å². The van der Waals surface area contributed by atoms with Crippen LogP contribution in [0, 0.1) is 17.8 Å². The van der Waals surface area contributed by atoms with E-state index in [1.807, 2.05) is 6.92 Å². The van der Waals surface area contributed by atoms with Gasteiger partial charge in [-0.15, -0.1) is 12.4 Å². The molecule has 3 nitrogen and oxygen atoms in total. The Kier molecular flexibility index (Phi) is 8.62. The SMILES string of the molecule is CC(C)C(C)C(=O)NC(CN)C1CCCCC1.Cl. The predicted molar refractivity (Wildman–Crippen MR) is 78.8 cm³/mol. The maximum Gasteiger partial charge on any atom is 0.223 e. The van der Waals surface area contributed by atoms with Crippen molar-refractivity contribution in [1.29, 1.82) is 0 Å². The van der Waals surface area contributed by atoms with Gasteiger partial charge in [0, 0.05) is 18.5 Å². The quantitative estimate of drug-likeness (QED) is 0.811. The second-order valence-corrected chi connectivity index (χ2v) is 5.78. The van der Waals surface area contributed by atoms with Gasteiger partial charge in [0.1, 0.15) is 0 Å². The Hall–Kier alpha value is -0.280. The smallest absolute Gasteiger partial charge is 0.223 e. The summed E-state index contributed by atoms with van der Waals surface area (Å²) in [7, 11) is 0. The normalized spacial score (nSPS) is 20.1. The van der Waals surface area contributed by atoms with Crippen LogP contribution in [0.4, 0.5) is 0 Å². The monoisotopic (exact) mass is 276 g/mol. The molecule has 0 aromatic carbocycles. The predicted octanol–water partition coefficient (Wildman–Crippen LogP) is 2.72. The molecule has 1 saturated carbocycles. The fraction of sp³-hybridized carbons (Fsp3) is 0.929. The molecule has 1 aliphatic carbocycles. The van der Waals surface area contributed by atoms with Crippen LogP contribution in [-0.4, -0.2) is 18.5 Å². The van der Waals surface area contributed by atoms with Crippen molar-refractivity contribution in [2.24, 2.45) is 23.5 Å². The van der Waals surface area contributed by atoms with Crippen LogP contribution in [0.15, 0.2) is 0 Å². The molecule has 0 bridgehead atoms. The van der Waals surface area contributed by atoms with Gasteiger partial charge < -0.3 is 11.1 Å². The Morgan fingerprint density at radius 2 is 1.78 bits per heavy atom. The van der Waals surface area contributed by atoms with Crippen LogP contribution in [0.25, 0.3) is 0 Å². The Morgan fingerprint density at radius 3 is 2.22 bits per heavy atom. The molecule has 1 amide bonds. The van der Waals surface area contributed by atoms with Crippen molar-refractivity contribution < 1.29 is 4.79 Å². The fourth-order valence-corrected chi connectivity index (χ4v) is 2.52. The van der Waals surface area contributed by atoms with Crippen molar-refractivity contribution in [2.45, 2.75) is 58.9 Å². The van der Waals surface area contributed by atoms with Crippen LogP contribution in [0.3, 0.4) is 0 Å². The first-order valence-electron chi connectivity index (χ1n) is 7.06. The standard InChI is InChI=1S/C14H28N2O.ClH/c1-10(2)11(3)14(17)16-13(9-15)12-7-5-4-6-8-12;/h10-13H,4-9,15H2,1-3H3,(H,16,17);1H. The highest BCUT2D eigenvalue weighted by atomic mass is 35.5. The molecule has 4 heteroatoms. The molecule has 0 radical (unpaired) electrons. The summed E-state index contributed by atoms with van der Waals surface area (Å²) in [4.78, 5) is 12.0. The minimum Gasteiger partial charge on any atom is -0.352 e. The average Bonchev–Trinajstić information content (AvgIpc) is 2.35. The molecule has 0 heterocycles. The first-order valence-corrected chi connectivity index (χ1v) is 7.06. The van der Waals surface area contributed by atoms with Crippen LogP contribution in [0.1, 0.15) is 52.9 Å². The first-order chi connectivity index (χ1) is 8.06. The molecular weight excluding hydrogens is 248 g/mol. The number of rotatable bonds is 5. The van der Waals surface area contributed by atoms with E-state index in [2.05, 4.69) is 19.2 Å². The zero-order valence-corrected chi connectivity index (χ0v) is 12.8. The topological polar surface area (TPSA) is 55.1 Å². The van der Waals surface area contributed by atoms with Gasteiger partial charge in [0.2, 0.25) is 5.91 Å². The van der Waals surface area contributed by atoms with Gasteiger partial charge in [-0.3, -0.25) is 4.79 Å². The molecule has 108 valence electrons. The lowest BCUT2D eigenvalue weighted by atomic mass is 9.83. The maximum atomic E-state index is 12.0. The molecule has 0 spiro atoms. The summed E-state index contributed by atoms with van der Waals surface area (Å²) in [5.41, 5.74) is 5.81. The molecule has 1 rings (SSSR count). The average molecular weight is 277 g/mol. The molecule has 0 aromatic rings. The van der Waals surface area contributed by atoms with Crippen molar-refractivity contribution in [3.05, 3.63) is 0 Å². The lowest BCUT2D eigenvalue weighted by Crippen LogP contribution is -2.48. The van der Waals surface area contributed by atoms with Gasteiger partial charge >= 0.3 is 0 Å². The fourth-order valence-electron chi connectivity index (χ4n) is 2.52. The van der Waals surface area contributed by atoms with Crippen LogP contribution in [-0.2, 0) is 4.79 Å². The molecule has 0 aliphatic heterocycles. The Labute approximate surface area is 118 Å². The number of hydrogen-bond acceptors (Lipinski definition) is 2. The van der Waals surface area contributed by atoms with Crippen LogP contribution < -0.4 is 11.1 Å². The summed E-state index contributed by atoms with van der Waals surface area (Å²) in [6.45, 7) is 6.74. The lowest BCUT2D eigenvalue weighted by molar-refractivity contribution is -0.126. The number of amides is 1. The summed E-state index contributed by atoms with van der Waals surface area (Å²) < 4.78 is 0. The third kappa shape index (κ3) is 5.15. The molecule has 0 saturated heterocycles. The van der Waals surface area contributed by atoms with Gasteiger partial charge in [-0.2, -0.15) is 0 Å².